The molecule has 0 amide bonds. The van der Waals surface area contributed by atoms with Crippen molar-refractivity contribution < 1.29 is 8.83 Å². The third-order valence-electron chi connectivity index (χ3n) is 5.54. The van der Waals surface area contributed by atoms with Gasteiger partial charge in [0, 0.05) is 12.4 Å². The fourth-order valence-corrected chi connectivity index (χ4v) is 3.16. The van der Waals surface area contributed by atoms with Gasteiger partial charge in [0.05, 0.1) is 23.9 Å². The van der Waals surface area contributed by atoms with Crippen LogP contribution in [0.25, 0.3) is 22.9 Å². The Bertz CT molecular complexity index is 1090. The molecule has 32 heavy (non-hydrogen) atoms. The molecule has 0 atom stereocenters. The molecule has 0 aliphatic rings. The second kappa shape index (κ2) is 10.9. The van der Waals surface area contributed by atoms with Gasteiger partial charge in [-0.05, 0) is 71.2 Å². The van der Waals surface area contributed by atoms with Crippen LogP contribution in [0.2, 0.25) is 0 Å². The van der Waals surface area contributed by atoms with Crippen LogP contribution in [0.4, 0.5) is 0 Å². The summed E-state index contributed by atoms with van der Waals surface area (Å²) in [5.41, 5.74) is 6.81. The molecule has 0 aliphatic heterocycles. The van der Waals surface area contributed by atoms with Gasteiger partial charge >= 0.3 is 0 Å². The highest BCUT2D eigenvalue weighted by Gasteiger charge is 2.10. The van der Waals surface area contributed by atoms with E-state index in [1.54, 1.807) is 12.5 Å². The lowest BCUT2D eigenvalue weighted by Gasteiger charge is -2.06. The van der Waals surface area contributed by atoms with Crippen LogP contribution in [0.3, 0.4) is 0 Å². The van der Waals surface area contributed by atoms with Crippen molar-refractivity contribution in [3.63, 3.8) is 0 Å². The first-order chi connectivity index (χ1) is 15.4. The molecule has 4 nitrogen and oxygen atoms in total. The van der Waals surface area contributed by atoms with E-state index in [0.717, 1.165) is 35.7 Å². The summed E-state index contributed by atoms with van der Waals surface area (Å²) in [6.07, 6.45) is 9.46. The van der Waals surface area contributed by atoms with E-state index in [0.29, 0.717) is 11.8 Å². The van der Waals surface area contributed by atoms with Crippen molar-refractivity contribution in [2.24, 2.45) is 0 Å². The molecule has 4 heteroatoms. The lowest BCUT2D eigenvalue weighted by atomic mass is 10.1. The van der Waals surface area contributed by atoms with E-state index >= 15 is 0 Å². The van der Waals surface area contributed by atoms with Crippen LogP contribution in [0.1, 0.15) is 75.6 Å². The second-order valence-corrected chi connectivity index (χ2v) is 8.61. The van der Waals surface area contributed by atoms with Crippen LogP contribution < -0.4 is 0 Å². The van der Waals surface area contributed by atoms with Gasteiger partial charge in [0.15, 0.2) is 11.5 Å². The van der Waals surface area contributed by atoms with Crippen LogP contribution in [0.5, 0.6) is 0 Å². The predicted octanol–water partition coefficient (Wildman–Crippen LogP) is 8.05. The molecule has 4 aromatic rings. The summed E-state index contributed by atoms with van der Waals surface area (Å²) in [4.78, 5) is 8.89. The number of furan rings is 2. The Morgan fingerprint density at radius 2 is 1.25 bits per heavy atom. The number of aromatic nitrogens is 2. The third kappa shape index (κ3) is 5.97. The van der Waals surface area contributed by atoms with Crippen molar-refractivity contribution in [1.29, 1.82) is 0 Å². The summed E-state index contributed by atoms with van der Waals surface area (Å²) in [6.45, 7) is 12.9. The Kier molecular flexibility index (Phi) is 8.04. The molecule has 168 valence electrons. The summed E-state index contributed by atoms with van der Waals surface area (Å²) in [5, 5.41) is 0. The molecule has 0 aromatic carbocycles. The first-order valence-corrected chi connectivity index (χ1v) is 11.5. The predicted molar refractivity (Wildman–Crippen MR) is 131 cm³/mol. The zero-order valence-electron chi connectivity index (χ0n) is 20.1. The Balaban J connectivity index is 0.000000182. The molecule has 4 heterocycles. The summed E-state index contributed by atoms with van der Waals surface area (Å²) in [5.74, 6) is 2.65. The van der Waals surface area contributed by atoms with E-state index in [-0.39, 0.29) is 0 Å². The van der Waals surface area contributed by atoms with Gasteiger partial charge in [0.25, 0.3) is 0 Å². The van der Waals surface area contributed by atoms with Crippen LogP contribution in [0.15, 0.2) is 70.2 Å². The standard InChI is InChI=1S/C15H18N2.C13H16O2/c1-4-12-5-7-14(16-9-12)15-8-6-13(10-17-15)11(2)3;1-4-10-5-12(14-7-10)13-6-11(8-15-13)9(2)3/h5-11H,4H2,1-3H3;5-9H,4H2,1-3H3. The molecule has 4 rings (SSSR count). The number of hydrogen-bond acceptors (Lipinski definition) is 4. The average Bonchev–Trinajstić information content (AvgIpc) is 3.49. The molecule has 0 aliphatic carbocycles. The molecular formula is C28H34N2O2. The lowest BCUT2D eigenvalue weighted by Crippen LogP contribution is -1.92. The molecule has 0 bridgehead atoms. The average molecular weight is 431 g/mol. The first kappa shape index (κ1) is 23.5. The van der Waals surface area contributed by atoms with Crippen LogP contribution in [-0.2, 0) is 12.8 Å². The highest BCUT2D eigenvalue weighted by atomic mass is 16.4. The summed E-state index contributed by atoms with van der Waals surface area (Å²) >= 11 is 0. The third-order valence-corrected chi connectivity index (χ3v) is 5.54. The Hall–Kier alpha value is -3.14. The van der Waals surface area contributed by atoms with Crippen molar-refractivity contribution in [2.45, 2.75) is 66.2 Å². The minimum Gasteiger partial charge on any atom is -0.461 e. The van der Waals surface area contributed by atoms with Gasteiger partial charge in [-0.2, -0.15) is 0 Å². The van der Waals surface area contributed by atoms with Crippen molar-refractivity contribution >= 4 is 0 Å². The fourth-order valence-electron chi connectivity index (χ4n) is 3.16. The van der Waals surface area contributed by atoms with E-state index in [2.05, 4.69) is 63.6 Å². The van der Waals surface area contributed by atoms with E-state index in [1.807, 2.05) is 36.7 Å². The topological polar surface area (TPSA) is 52.1 Å². The summed E-state index contributed by atoms with van der Waals surface area (Å²) in [6, 6.07) is 12.4. The SMILES string of the molecule is CCc1ccc(-c2ccc(C(C)C)cn2)nc1.CCc1coc(-c2cc(C(C)C)co2)c1. The molecular weight excluding hydrogens is 396 g/mol. The Labute approximate surface area is 191 Å². The van der Waals surface area contributed by atoms with Gasteiger partial charge in [-0.1, -0.05) is 53.7 Å². The number of aryl methyl sites for hydroxylation is 2. The first-order valence-electron chi connectivity index (χ1n) is 11.5. The van der Waals surface area contributed by atoms with Gasteiger partial charge in [0.1, 0.15) is 0 Å². The zero-order valence-corrected chi connectivity index (χ0v) is 20.1. The lowest BCUT2D eigenvalue weighted by molar-refractivity contribution is 0.521. The maximum atomic E-state index is 5.48. The maximum Gasteiger partial charge on any atom is 0.169 e. The summed E-state index contributed by atoms with van der Waals surface area (Å²) in [7, 11) is 0. The van der Waals surface area contributed by atoms with Crippen molar-refractivity contribution in [3.8, 4) is 22.9 Å². The maximum absolute atomic E-state index is 5.48. The molecule has 0 N–H and O–H groups in total. The molecule has 0 unspecified atom stereocenters. The Morgan fingerprint density at radius 3 is 1.72 bits per heavy atom. The normalized spacial score (nSPS) is 11.0. The van der Waals surface area contributed by atoms with E-state index in [4.69, 9.17) is 8.83 Å². The summed E-state index contributed by atoms with van der Waals surface area (Å²) < 4.78 is 10.9. The number of pyridine rings is 2. The molecule has 0 radical (unpaired) electrons. The van der Waals surface area contributed by atoms with Crippen molar-refractivity contribution in [3.05, 3.63) is 83.6 Å². The van der Waals surface area contributed by atoms with Crippen LogP contribution in [0, 0.1) is 0 Å². The quantitative estimate of drug-likeness (QED) is 0.310. The monoisotopic (exact) mass is 430 g/mol. The Morgan fingerprint density at radius 1 is 0.656 bits per heavy atom. The minimum atomic E-state index is 0.489. The number of hydrogen-bond donors (Lipinski definition) is 0. The van der Waals surface area contributed by atoms with Gasteiger partial charge < -0.3 is 8.83 Å². The smallest absolute Gasteiger partial charge is 0.169 e. The molecule has 0 saturated carbocycles. The van der Waals surface area contributed by atoms with E-state index < -0.39 is 0 Å². The minimum absolute atomic E-state index is 0.489. The van der Waals surface area contributed by atoms with Crippen LogP contribution >= 0.6 is 0 Å². The number of rotatable bonds is 6. The van der Waals surface area contributed by atoms with Gasteiger partial charge in [-0.25, -0.2) is 0 Å². The molecule has 0 saturated heterocycles. The second-order valence-electron chi connectivity index (χ2n) is 8.61. The zero-order chi connectivity index (χ0) is 23.1. The van der Waals surface area contributed by atoms with E-state index in [9.17, 15) is 0 Å². The van der Waals surface area contributed by atoms with Gasteiger partial charge in [0.2, 0.25) is 0 Å². The largest absolute Gasteiger partial charge is 0.461 e. The molecule has 0 spiro atoms. The van der Waals surface area contributed by atoms with Crippen molar-refractivity contribution in [2.75, 3.05) is 0 Å². The highest BCUT2D eigenvalue weighted by molar-refractivity contribution is 5.54. The molecule has 4 aromatic heterocycles. The molecule has 0 fully saturated rings. The highest BCUT2D eigenvalue weighted by Crippen LogP contribution is 2.27. The van der Waals surface area contributed by atoms with Crippen molar-refractivity contribution in [1.82, 2.24) is 9.97 Å². The van der Waals surface area contributed by atoms with Gasteiger partial charge in [-0.3, -0.25) is 9.97 Å². The fraction of sp³-hybridized carbons (Fsp3) is 0.357. The van der Waals surface area contributed by atoms with E-state index in [1.165, 1.54) is 22.3 Å². The number of nitrogens with zero attached hydrogens (tertiary/aromatic N) is 2. The van der Waals surface area contributed by atoms with Crippen LogP contribution in [-0.4, -0.2) is 9.97 Å². The van der Waals surface area contributed by atoms with Gasteiger partial charge in [-0.15, -0.1) is 0 Å².